The Morgan fingerprint density at radius 1 is 1.50 bits per heavy atom. The molecule has 3 atom stereocenters. The van der Waals surface area contributed by atoms with Crippen molar-refractivity contribution < 1.29 is 0 Å². The van der Waals surface area contributed by atoms with Crippen molar-refractivity contribution in [3.8, 4) is 0 Å². The van der Waals surface area contributed by atoms with Crippen LogP contribution in [-0.2, 0) is 7.05 Å². The lowest BCUT2D eigenvalue weighted by atomic mass is 10.0. The Kier molecular flexibility index (Phi) is 5.04. The van der Waals surface area contributed by atoms with Crippen molar-refractivity contribution >= 4 is 23.5 Å². The van der Waals surface area contributed by atoms with Crippen LogP contribution in [0, 0.1) is 6.92 Å². The molecule has 1 fully saturated rings. The van der Waals surface area contributed by atoms with Crippen LogP contribution in [0.4, 0.5) is 0 Å². The highest BCUT2D eigenvalue weighted by atomic mass is 32.2. The van der Waals surface area contributed by atoms with E-state index in [1.54, 1.807) is 0 Å². The molecule has 1 aliphatic rings. The van der Waals surface area contributed by atoms with Gasteiger partial charge in [-0.2, -0.15) is 28.6 Å². The van der Waals surface area contributed by atoms with Gasteiger partial charge in [-0.3, -0.25) is 4.68 Å². The average Bonchev–Trinajstić information content (AvgIpc) is 2.68. The first-order chi connectivity index (χ1) is 8.65. The van der Waals surface area contributed by atoms with Crippen molar-refractivity contribution in [1.82, 2.24) is 15.1 Å². The van der Waals surface area contributed by atoms with Crippen LogP contribution < -0.4 is 5.32 Å². The first-order valence-corrected chi connectivity index (χ1v) is 8.70. The number of thioether (sulfide) groups is 2. The van der Waals surface area contributed by atoms with Crippen LogP contribution in [0.2, 0.25) is 0 Å². The van der Waals surface area contributed by atoms with Crippen LogP contribution in [0.5, 0.6) is 0 Å². The van der Waals surface area contributed by atoms with Gasteiger partial charge < -0.3 is 5.32 Å². The maximum Gasteiger partial charge on any atom is 0.0625 e. The zero-order valence-corrected chi connectivity index (χ0v) is 13.3. The quantitative estimate of drug-likeness (QED) is 0.921. The summed E-state index contributed by atoms with van der Waals surface area (Å²) in [6.45, 7) is 7.71. The lowest BCUT2D eigenvalue weighted by Gasteiger charge is -2.35. The number of aryl methyl sites for hydroxylation is 2. The highest BCUT2D eigenvalue weighted by Gasteiger charge is 2.33. The SMILES string of the molecule is CCNC(c1c(C)cnn1C)C1SCCSC1C. The van der Waals surface area contributed by atoms with Crippen LogP contribution in [0.1, 0.15) is 31.1 Å². The van der Waals surface area contributed by atoms with Crippen molar-refractivity contribution in [2.24, 2.45) is 7.05 Å². The first kappa shape index (κ1) is 14.3. The zero-order valence-electron chi connectivity index (χ0n) is 11.6. The molecule has 1 aromatic rings. The highest BCUT2D eigenvalue weighted by molar-refractivity contribution is 8.07. The fraction of sp³-hybridized carbons (Fsp3) is 0.769. The lowest BCUT2D eigenvalue weighted by molar-refractivity contribution is 0.487. The Morgan fingerprint density at radius 2 is 2.22 bits per heavy atom. The van der Waals surface area contributed by atoms with E-state index in [0.29, 0.717) is 16.5 Å². The normalized spacial score (nSPS) is 26.2. The van der Waals surface area contributed by atoms with Crippen LogP contribution in [0.3, 0.4) is 0 Å². The van der Waals surface area contributed by atoms with Gasteiger partial charge in [0.05, 0.1) is 17.9 Å². The monoisotopic (exact) mass is 285 g/mol. The molecule has 3 unspecified atom stereocenters. The summed E-state index contributed by atoms with van der Waals surface area (Å²) in [5, 5.41) is 9.40. The summed E-state index contributed by atoms with van der Waals surface area (Å²) in [6, 6.07) is 0.412. The van der Waals surface area contributed by atoms with E-state index in [9.17, 15) is 0 Å². The van der Waals surface area contributed by atoms with Gasteiger partial charge in [0.15, 0.2) is 0 Å². The van der Waals surface area contributed by atoms with Gasteiger partial charge >= 0.3 is 0 Å². The molecule has 1 saturated heterocycles. The second-order valence-corrected chi connectivity index (χ2v) is 7.55. The molecule has 0 bridgehead atoms. The van der Waals surface area contributed by atoms with Gasteiger partial charge in [0, 0.05) is 29.1 Å². The van der Waals surface area contributed by atoms with Gasteiger partial charge in [-0.15, -0.1) is 0 Å². The molecule has 18 heavy (non-hydrogen) atoms. The first-order valence-electron chi connectivity index (χ1n) is 6.60. The molecule has 1 aliphatic heterocycles. The molecule has 2 rings (SSSR count). The van der Waals surface area contributed by atoms with Crippen LogP contribution in [0.25, 0.3) is 0 Å². The predicted octanol–water partition coefficient (Wildman–Crippen LogP) is 2.62. The van der Waals surface area contributed by atoms with E-state index in [0.717, 1.165) is 6.54 Å². The molecule has 2 heterocycles. The number of hydrogen-bond acceptors (Lipinski definition) is 4. The molecule has 0 amide bonds. The van der Waals surface area contributed by atoms with Crippen molar-refractivity contribution in [2.45, 2.75) is 37.3 Å². The Morgan fingerprint density at radius 3 is 2.78 bits per heavy atom. The maximum atomic E-state index is 4.40. The summed E-state index contributed by atoms with van der Waals surface area (Å²) in [7, 11) is 2.05. The van der Waals surface area contributed by atoms with Gasteiger partial charge in [0.2, 0.25) is 0 Å². The predicted molar refractivity (Wildman–Crippen MR) is 82.5 cm³/mol. The van der Waals surface area contributed by atoms with Crippen molar-refractivity contribution in [2.75, 3.05) is 18.1 Å². The van der Waals surface area contributed by atoms with Gasteiger partial charge in [-0.05, 0) is 19.0 Å². The minimum Gasteiger partial charge on any atom is -0.308 e. The van der Waals surface area contributed by atoms with E-state index in [1.165, 1.54) is 22.8 Å². The van der Waals surface area contributed by atoms with Crippen LogP contribution >= 0.6 is 23.5 Å². The Bertz CT molecular complexity index is 372. The van der Waals surface area contributed by atoms with E-state index in [-0.39, 0.29) is 0 Å². The van der Waals surface area contributed by atoms with Gasteiger partial charge in [-0.1, -0.05) is 13.8 Å². The molecular formula is C13H23N3S2. The highest BCUT2D eigenvalue weighted by Crippen LogP contribution is 2.39. The third-order valence-electron chi connectivity index (χ3n) is 3.46. The smallest absolute Gasteiger partial charge is 0.0625 e. The van der Waals surface area contributed by atoms with E-state index >= 15 is 0 Å². The molecule has 0 spiro atoms. The van der Waals surface area contributed by atoms with E-state index in [1.807, 2.05) is 10.9 Å². The molecule has 0 aromatic carbocycles. The Balaban J connectivity index is 2.27. The second-order valence-electron chi connectivity index (χ2n) is 4.78. The molecule has 3 nitrogen and oxygen atoms in total. The third kappa shape index (κ3) is 2.89. The minimum absolute atomic E-state index is 0.412. The topological polar surface area (TPSA) is 29.9 Å². The fourth-order valence-corrected chi connectivity index (χ4v) is 5.53. The maximum absolute atomic E-state index is 4.40. The molecule has 0 radical (unpaired) electrons. The molecule has 0 aliphatic carbocycles. The molecule has 1 aromatic heterocycles. The number of hydrogen-bond donors (Lipinski definition) is 1. The fourth-order valence-electron chi connectivity index (χ4n) is 2.61. The zero-order chi connectivity index (χ0) is 13.1. The second kappa shape index (κ2) is 6.35. The van der Waals surface area contributed by atoms with E-state index in [4.69, 9.17) is 0 Å². The molecule has 5 heteroatoms. The molecular weight excluding hydrogens is 262 g/mol. The molecule has 0 saturated carbocycles. The molecule has 1 N–H and O–H groups in total. The summed E-state index contributed by atoms with van der Waals surface area (Å²) in [5.74, 6) is 2.55. The van der Waals surface area contributed by atoms with E-state index in [2.05, 4.69) is 61.8 Å². The summed E-state index contributed by atoms with van der Waals surface area (Å²) < 4.78 is 2.04. The number of rotatable bonds is 4. The third-order valence-corrected chi connectivity index (χ3v) is 6.66. The summed E-state index contributed by atoms with van der Waals surface area (Å²) >= 11 is 4.21. The standard InChI is InChI=1S/C13H23N3S2/c1-5-14-11(12-9(2)8-15-16(12)4)13-10(3)17-6-7-18-13/h8,10-11,13-14H,5-7H2,1-4H3. The number of nitrogens with one attached hydrogen (secondary N) is 1. The lowest BCUT2D eigenvalue weighted by Crippen LogP contribution is -2.39. The Labute approximate surface area is 118 Å². The van der Waals surface area contributed by atoms with Gasteiger partial charge in [-0.25, -0.2) is 0 Å². The summed E-state index contributed by atoms with van der Waals surface area (Å²) in [4.78, 5) is 0. The summed E-state index contributed by atoms with van der Waals surface area (Å²) in [6.07, 6.45) is 1.98. The summed E-state index contributed by atoms with van der Waals surface area (Å²) in [5.41, 5.74) is 2.65. The van der Waals surface area contributed by atoms with Gasteiger partial charge in [0.25, 0.3) is 0 Å². The van der Waals surface area contributed by atoms with Crippen LogP contribution in [0.15, 0.2) is 6.20 Å². The van der Waals surface area contributed by atoms with Crippen molar-refractivity contribution in [3.05, 3.63) is 17.5 Å². The number of nitrogens with zero attached hydrogens (tertiary/aromatic N) is 2. The van der Waals surface area contributed by atoms with Crippen LogP contribution in [-0.4, -0.2) is 38.3 Å². The van der Waals surface area contributed by atoms with Crippen molar-refractivity contribution in [3.63, 3.8) is 0 Å². The van der Waals surface area contributed by atoms with Gasteiger partial charge in [0.1, 0.15) is 0 Å². The van der Waals surface area contributed by atoms with Crippen molar-refractivity contribution in [1.29, 1.82) is 0 Å². The van der Waals surface area contributed by atoms with E-state index < -0.39 is 0 Å². The largest absolute Gasteiger partial charge is 0.308 e. The molecule has 102 valence electrons. The average molecular weight is 285 g/mol. The Hall–Kier alpha value is -0.130. The minimum atomic E-state index is 0.412. The number of aromatic nitrogens is 2.